The summed E-state index contributed by atoms with van der Waals surface area (Å²) in [6, 6.07) is 4.17. The minimum absolute atomic E-state index is 0.0433. The predicted octanol–water partition coefficient (Wildman–Crippen LogP) is 1.57. The lowest BCUT2D eigenvalue weighted by Gasteiger charge is -2.28. The van der Waals surface area contributed by atoms with Crippen LogP contribution in [0, 0.1) is 10.1 Å². The lowest BCUT2D eigenvalue weighted by Crippen LogP contribution is -2.36. The maximum Gasteiger partial charge on any atom is 0.339 e. The molecular weight excluding hydrogens is 304 g/mol. The molecule has 8 nitrogen and oxygen atoms in total. The standard InChI is InChI=1S/C15H18N2O6/c1-10(18)11(2)23-15(19)12-3-4-13(14(9-12)17(20)21)16-5-7-22-8-6-16/h3-4,9,11H,5-8H2,1-2H3/t11-/m1/s1. The first-order valence-electron chi connectivity index (χ1n) is 7.22. The van der Waals surface area contributed by atoms with Gasteiger partial charge in [0, 0.05) is 19.2 Å². The quantitative estimate of drug-likeness (QED) is 0.461. The second-order valence-corrected chi connectivity index (χ2v) is 5.22. The van der Waals surface area contributed by atoms with Crippen LogP contribution in [0.25, 0.3) is 0 Å². The number of ketones is 1. The Morgan fingerprint density at radius 2 is 2.00 bits per heavy atom. The molecule has 1 aromatic carbocycles. The van der Waals surface area contributed by atoms with E-state index >= 15 is 0 Å². The molecule has 0 saturated carbocycles. The second-order valence-electron chi connectivity index (χ2n) is 5.22. The third kappa shape index (κ3) is 4.04. The van der Waals surface area contributed by atoms with Gasteiger partial charge in [-0.25, -0.2) is 4.79 Å². The van der Waals surface area contributed by atoms with E-state index < -0.39 is 17.0 Å². The predicted molar refractivity (Wildman–Crippen MR) is 81.7 cm³/mol. The van der Waals surface area contributed by atoms with Crippen molar-refractivity contribution in [2.75, 3.05) is 31.2 Å². The van der Waals surface area contributed by atoms with Gasteiger partial charge < -0.3 is 14.4 Å². The monoisotopic (exact) mass is 322 g/mol. The number of Topliss-reactive ketones (excluding diaryl/α,β-unsaturated/α-hetero) is 1. The maximum atomic E-state index is 12.0. The van der Waals surface area contributed by atoms with E-state index in [-0.39, 0.29) is 17.0 Å². The first-order valence-corrected chi connectivity index (χ1v) is 7.22. The fourth-order valence-electron chi connectivity index (χ4n) is 2.18. The molecule has 23 heavy (non-hydrogen) atoms. The number of morpholine rings is 1. The fraction of sp³-hybridized carbons (Fsp3) is 0.467. The van der Waals surface area contributed by atoms with E-state index in [9.17, 15) is 19.7 Å². The first-order chi connectivity index (χ1) is 10.9. The van der Waals surface area contributed by atoms with Crippen molar-refractivity contribution in [1.82, 2.24) is 0 Å². The zero-order chi connectivity index (χ0) is 17.0. The molecule has 2 rings (SSSR count). The van der Waals surface area contributed by atoms with E-state index in [1.165, 1.54) is 32.0 Å². The van der Waals surface area contributed by atoms with Gasteiger partial charge in [0.05, 0.1) is 23.7 Å². The summed E-state index contributed by atoms with van der Waals surface area (Å²) in [6.45, 7) is 4.85. The van der Waals surface area contributed by atoms with Gasteiger partial charge in [0.1, 0.15) is 5.69 Å². The van der Waals surface area contributed by atoms with Gasteiger partial charge in [0.2, 0.25) is 0 Å². The topological polar surface area (TPSA) is 99.0 Å². The van der Waals surface area contributed by atoms with Gasteiger partial charge in [-0.05, 0) is 26.0 Å². The number of nitro groups is 1. The van der Waals surface area contributed by atoms with Crippen LogP contribution in [-0.4, -0.2) is 49.1 Å². The molecule has 0 radical (unpaired) electrons. The highest BCUT2D eigenvalue weighted by molar-refractivity contribution is 5.93. The minimum Gasteiger partial charge on any atom is -0.451 e. The van der Waals surface area contributed by atoms with Crippen molar-refractivity contribution in [3.05, 3.63) is 33.9 Å². The summed E-state index contributed by atoms with van der Waals surface area (Å²) in [4.78, 5) is 35.8. The Kier molecular flexibility index (Phi) is 5.28. The Morgan fingerprint density at radius 3 is 2.57 bits per heavy atom. The van der Waals surface area contributed by atoms with Crippen LogP contribution >= 0.6 is 0 Å². The van der Waals surface area contributed by atoms with E-state index in [0.717, 1.165) is 0 Å². The molecule has 1 fully saturated rings. The number of carbonyl (C=O) groups is 2. The number of benzene rings is 1. The van der Waals surface area contributed by atoms with Crippen molar-refractivity contribution < 1.29 is 24.0 Å². The van der Waals surface area contributed by atoms with E-state index in [2.05, 4.69) is 0 Å². The van der Waals surface area contributed by atoms with Gasteiger partial charge in [-0.3, -0.25) is 14.9 Å². The number of anilines is 1. The van der Waals surface area contributed by atoms with Crippen LogP contribution in [0.15, 0.2) is 18.2 Å². The van der Waals surface area contributed by atoms with Crippen molar-refractivity contribution in [3.63, 3.8) is 0 Å². The van der Waals surface area contributed by atoms with Gasteiger partial charge in [0.25, 0.3) is 5.69 Å². The number of ether oxygens (including phenoxy) is 2. The third-order valence-electron chi connectivity index (χ3n) is 3.62. The van der Waals surface area contributed by atoms with Crippen LogP contribution in [-0.2, 0) is 14.3 Å². The molecule has 1 aliphatic heterocycles. The van der Waals surface area contributed by atoms with Crippen molar-refractivity contribution in [1.29, 1.82) is 0 Å². The fourth-order valence-corrected chi connectivity index (χ4v) is 2.18. The molecule has 124 valence electrons. The normalized spacial score (nSPS) is 15.8. The highest BCUT2D eigenvalue weighted by Crippen LogP contribution is 2.30. The highest BCUT2D eigenvalue weighted by Gasteiger charge is 2.24. The van der Waals surface area contributed by atoms with Crippen LogP contribution in [0.3, 0.4) is 0 Å². The molecule has 1 heterocycles. The Morgan fingerprint density at radius 1 is 1.35 bits per heavy atom. The van der Waals surface area contributed by atoms with Crippen LogP contribution in [0.1, 0.15) is 24.2 Å². The summed E-state index contributed by atoms with van der Waals surface area (Å²) in [5.41, 5.74) is 0.313. The molecule has 1 saturated heterocycles. The van der Waals surface area contributed by atoms with Crippen molar-refractivity contribution in [3.8, 4) is 0 Å². The second kappa shape index (κ2) is 7.19. The Balaban J connectivity index is 2.26. The summed E-state index contributed by atoms with van der Waals surface area (Å²) in [5, 5.41) is 11.3. The average Bonchev–Trinajstić information content (AvgIpc) is 2.54. The van der Waals surface area contributed by atoms with E-state index in [1.807, 2.05) is 4.90 Å². The van der Waals surface area contributed by atoms with Gasteiger partial charge in [-0.1, -0.05) is 0 Å². The summed E-state index contributed by atoms with van der Waals surface area (Å²) in [6.07, 6.45) is -0.888. The number of esters is 1. The number of nitrogens with zero attached hydrogens (tertiary/aromatic N) is 2. The summed E-state index contributed by atoms with van der Waals surface area (Å²) < 4.78 is 10.2. The number of carbonyl (C=O) groups excluding carboxylic acids is 2. The van der Waals surface area contributed by atoms with Gasteiger partial charge in [0.15, 0.2) is 11.9 Å². The summed E-state index contributed by atoms with van der Waals surface area (Å²) in [5.74, 6) is -1.05. The SMILES string of the molecule is CC(=O)[C@@H](C)OC(=O)c1ccc(N2CCOCC2)c([N+](=O)[O-])c1. The van der Waals surface area contributed by atoms with Crippen LogP contribution < -0.4 is 4.90 Å². The Hall–Kier alpha value is -2.48. The number of nitro benzene ring substituents is 1. The lowest BCUT2D eigenvalue weighted by molar-refractivity contribution is -0.384. The minimum atomic E-state index is -0.888. The first kappa shape index (κ1) is 16.9. The molecule has 0 aliphatic carbocycles. The average molecular weight is 322 g/mol. The molecule has 0 unspecified atom stereocenters. The Bertz CT molecular complexity index is 624. The molecule has 0 N–H and O–H groups in total. The van der Waals surface area contributed by atoms with E-state index in [4.69, 9.17) is 9.47 Å². The highest BCUT2D eigenvalue weighted by atomic mass is 16.6. The summed E-state index contributed by atoms with van der Waals surface area (Å²) in [7, 11) is 0. The molecule has 0 aromatic heterocycles. The number of rotatable bonds is 5. The van der Waals surface area contributed by atoms with Gasteiger partial charge in [-0.2, -0.15) is 0 Å². The molecule has 0 amide bonds. The largest absolute Gasteiger partial charge is 0.451 e. The molecule has 1 aromatic rings. The smallest absolute Gasteiger partial charge is 0.339 e. The number of hydrogen-bond donors (Lipinski definition) is 0. The van der Waals surface area contributed by atoms with E-state index in [1.54, 1.807) is 0 Å². The Labute approximate surface area is 133 Å². The molecule has 1 atom stereocenters. The number of hydrogen-bond acceptors (Lipinski definition) is 7. The molecule has 1 aliphatic rings. The molecular formula is C15H18N2O6. The zero-order valence-electron chi connectivity index (χ0n) is 13.0. The molecule has 0 bridgehead atoms. The van der Waals surface area contributed by atoms with Crippen LogP contribution in [0.4, 0.5) is 11.4 Å². The van der Waals surface area contributed by atoms with E-state index in [0.29, 0.717) is 32.0 Å². The van der Waals surface area contributed by atoms with Crippen molar-refractivity contribution in [2.45, 2.75) is 20.0 Å². The lowest BCUT2D eigenvalue weighted by atomic mass is 10.1. The third-order valence-corrected chi connectivity index (χ3v) is 3.62. The van der Waals surface area contributed by atoms with Crippen LogP contribution in [0.5, 0.6) is 0 Å². The molecule has 0 spiro atoms. The van der Waals surface area contributed by atoms with Gasteiger partial charge >= 0.3 is 5.97 Å². The van der Waals surface area contributed by atoms with Crippen molar-refractivity contribution >= 4 is 23.1 Å². The molecule has 8 heteroatoms. The maximum absolute atomic E-state index is 12.0. The van der Waals surface area contributed by atoms with Gasteiger partial charge in [-0.15, -0.1) is 0 Å². The summed E-state index contributed by atoms with van der Waals surface area (Å²) >= 11 is 0. The van der Waals surface area contributed by atoms with Crippen molar-refractivity contribution in [2.24, 2.45) is 0 Å². The van der Waals surface area contributed by atoms with Crippen LogP contribution in [0.2, 0.25) is 0 Å². The zero-order valence-corrected chi connectivity index (χ0v) is 13.0.